The normalized spacial score (nSPS) is 15.6. The van der Waals surface area contributed by atoms with E-state index < -0.39 is 30.3 Å². The Hall–Kier alpha value is -3.39. The van der Waals surface area contributed by atoms with Crippen molar-refractivity contribution in [3.05, 3.63) is 64.7 Å². The number of esters is 1. The first-order valence-electron chi connectivity index (χ1n) is 9.08. The van der Waals surface area contributed by atoms with Crippen LogP contribution in [0.2, 0.25) is 5.02 Å². The van der Waals surface area contributed by atoms with Gasteiger partial charge in [-0.15, -0.1) is 0 Å². The van der Waals surface area contributed by atoms with Crippen molar-refractivity contribution < 1.29 is 28.7 Å². The molecule has 1 aliphatic rings. The van der Waals surface area contributed by atoms with E-state index in [1.807, 2.05) is 0 Å². The van der Waals surface area contributed by atoms with E-state index in [4.69, 9.17) is 21.1 Å². The number of rotatable bonds is 7. The van der Waals surface area contributed by atoms with E-state index >= 15 is 0 Å². The van der Waals surface area contributed by atoms with Gasteiger partial charge >= 0.3 is 5.97 Å². The van der Waals surface area contributed by atoms with Crippen molar-refractivity contribution in [1.82, 2.24) is 10.4 Å². The number of ketones is 1. The van der Waals surface area contributed by atoms with Crippen molar-refractivity contribution in [2.75, 3.05) is 20.3 Å². The first-order valence-corrected chi connectivity index (χ1v) is 9.46. The Morgan fingerprint density at radius 1 is 1.13 bits per heavy atom. The minimum atomic E-state index is -0.777. The molecule has 30 heavy (non-hydrogen) atoms. The lowest BCUT2D eigenvalue weighted by Crippen LogP contribution is -2.43. The molecule has 1 saturated heterocycles. The Bertz CT molecular complexity index is 976. The summed E-state index contributed by atoms with van der Waals surface area (Å²) in [6.07, 6.45) is -0.118. The number of amides is 2. The van der Waals surface area contributed by atoms with E-state index in [9.17, 15) is 19.2 Å². The molecule has 0 bridgehead atoms. The fraction of sp³-hybridized carbons (Fsp3) is 0.238. The maximum absolute atomic E-state index is 12.3. The van der Waals surface area contributed by atoms with Gasteiger partial charge in [-0.25, -0.2) is 0 Å². The van der Waals surface area contributed by atoms with Gasteiger partial charge in [-0.3, -0.25) is 29.6 Å². The minimum Gasteiger partial charge on any atom is -0.497 e. The maximum Gasteiger partial charge on any atom is 0.311 e. The first kappa shape index (κ1) is 21.3. The van der Waals surface area contributed by atoms with E-state index in [0.29, 0.717) is 21.9 Å². The summed E-state index contributed by atoms with van der Waals surface area (Å²) in [5, 5.41) is 1.56. The number of carbonyl (C=O) groups excluding carboxylic acids is 4. The largest absolute Gasteiger partial charge is 0.497 e. The van der Waals surface area contributed by atoms with Crippen LogP contribution in [0.5, 0.6) is 5.75 Å². The highest BCUT2D eigenvalue weighted by molar-refractivity contribution is 6.30. The van der Waals surface area contributed by atoms with Crippen LogP contribution in [0.1, 0.15) is 27.1 Å². The van der Waals surface area contributed by atoms with Crippen LogP contribution in [-0.4, -0.2) is 48.8 Å². The van der Waals surface area contributed by atoms with Gasteiger partial charge in [-0.1, -0.05) is 23.7 Å². The van der Waals surface area contributed by atoms with Gasteiger partial charge in [0.25, 0.3) is 5.91 Å². The number of hydrogen-bond donors (Lipinski definition) is 1. The summed E-state index contributed by atoms with van der Waals surface area (Å²) in [7, 11) is 1.48. The molecule has 3 rings (SSSR count). The quantitative estimate of drug-likeness (QED) is 0.534. The van der Waals surface area contributed by atoms with Crippen LogP contribution in [0.3, 0.4) is 0 Å². The second-order valence-electron chi connectivity index (χ2n) is 6.62. The van der Waals surface area contributed by atoms with Crippen LogP contribution in [-0.2, 0) is 14.3 Å². The Balaban J connectivity index is 1.52. The van der Waals surface area contributed by atoms with Crippen LogP contribution in [0, 0.1) is 5.92 Å². The van der Waals surface area contributed by atoms with Crippen molar-refractivity contribution in [2.24, 2.45) is 5.92 Å². The summed E-state index contributed by atoms with van der Waals surface area (Å²) < 4.78 is 10.1. The summed E-state index contributed by atoms with van der Waals surface area (Å²) in [6.45, 7) is -0.488. The molecular formula is C21H19ClN2O6. The van der Waals surface area contributed by atoms with Gasteiger partial charge in [0.15, 0.2) is 12.4 Å². The molecule has 1 heterocycles. The van der Waals surface area contributed by atoms with Gasteiger partial charge in [-0.2, -0.15) is 0 Å². The minimum absolute atomic E-state index is 0.0374. The number of halogens is 1. The number of carbonyl (C=O) groups is 4. The molecule has 0 saturated carbocycles. The van der Waals surface area contributed by atoms with Crippen LogP contribution in [0.25, 0.3) is 0 Å². The summed E-state index contributed by atoms with van der Waals surface area (Å²) in [5.74, 6) is -2.25. The van der Waals surface area contributed by atoms with Gasteiger partial charge in [-0.05, 0) is 36.4 Å². The Labute approximate surface area is 177 Å². The molecule has 1 N–H and O–H groups in total. The molecule has 8 nitrogen and oxygen atoms in total. The Morgan fingerprint density at radius 3 is 2.57 bits per heavy atom. The Kier molecular flexibility index (Phi) is 6.68. The molecule has 2 amide bonds. The van der Waals surface area contributed by atoms with Crippen LogP contribution < -0.4 is 10.2 Å². The van der Waals surface area contributed by atoms with Gasteiger partial charge < -0.3 is 9.47 Å². The molecule has 1 aliphatic heterocycles. The fourth-order valence-corrected chi connectivity index (χ4v) is 3.02. The van der Waals surface area contributed by atoms with Gasteiger partial charge in [0.05, 0.1) is 19.6 Å². The standard InChI is InChI=1S/C21H19ClN2O6/c1-29-17-4-2-3-14(9-17)18(25)12-30-21(28)15-10-19(26)24(11-15)23-20(27)13-5-7-16(22)8-6-13/h2-9,15H,10-12H2,1H3,(H,23,27)/t15-/m1/s1. The van der Waals surface area contributed by atoms with E-state index in [1.54, 1.807) is 36.4 Å². The van der Waals surface area contributed by atoms with E-state index in [2.05, 4.69) is 5.43 Å². The topological polar surface area (TPSA) is 102 Å². The third-order valence-corrected chi connectivity index (χ3v) is 4.79. The third kappa shape index (κ3) is 5.15. The average Bonchev–Trinajstić information content (AvgIpc) is 3.12. The molecule has 1 atom stereocenters. The van der Waals surface area contributed by atoms with E-state index in [1.165, 1.54) is 19.2 Å². The molecule has 2 aromatic carbocycles. The second-order valence-corrected chi connectivity index (χ2v) is 7.05. The number of hydrogen-bond acceptors (Lipinski definition) is 6. The highest BCUT2D eigenvalue weighted by Gasteiger charge is 2.36. The lowest BCUT2D eigenvalue weighted by molar-refractivity contribution is -0.147. The Morgan fingerprint density at radius 2 is 1.87 bits per heavy atom. The van der Waals surface area contributed by atoms with Crippen molar-refractivity contribution in [3.8, 4) is 5.75 Å². The molecule has 0 unspecified atom stereocenters. The average molecular weight is 431 g/mol. The zero-order chi connectivity index (χ0) is 21.7. The first-order chi connectivity index (χ1) is 14.4. The zero-order valence-corrected chi connectivity index (χ0v) is 16.8. The van der Waals surface area contributed by atoms with Gasteiger partial charge in [0.2, 0.25) is 5.91 Å². The van der Waals surface area contributed by atoms with Crippen molar-refractivity contribution in [2.45, 2.75) is 6.42 Å². The molecule has 156 valence electrons. The molecule has 0 spiro atoms. The molecule has 1 fully saturated rings. The molecular weight excluding hydrogens is 412 g/mol. The number of benzene rings is 2. The molecule has 9 heteroatoms. The maximum atomic E-state index is 12.3. The number of hydrazine groups is 1. The van der Waals surface area contributed by atoms with Crippen molar-refractivity contribution in [3.63, 3.8) is 0 Å². The number of Topliss-reactive ketones (excluding diaryl/α,β-unsaturated/α-hetero) is 1. The summed E-state index contributed by atoms with van der Waals surface area (Å²) >= 11 is 5.79. The monoisotopic (exact) mass is 430 g/mol. The van der Waals surface area contributed by atoms with Crippen LogP contribution in [0.15, 0.2) is 48.5 Å². The molecule has 2 aromatic rings. The van der Waals surface area contributed by atoms with Crippen LogP contribution in [0.4, 0.5) is 0 Å². The lowest BCUT2D eigenvalue weighted by atomic mass is 10.1. The molecule has 0 aliphatic carbocycles. The zero-order valence-electron chi connectivity index (χ0n) is 16.1. The van der Waals surface area contributed by atoms with Crippen molar-refractivity contribution >= 4 is 35.2 Å². The highest BCUT2D eigenvalue weighted by atomic mass is 35.5. The van der Waals surface area contributed by atoms with Crippen molar-refractivity contribution in [1.29, 1.82) is 0 Å². The number of ether oxygens (including phenoxy) is 2. The number of methoxy groups -OCH3 is 1. The van der Waals surface area contributed by atoms with E-state index in [-0.39, 0.29) is 18.7 Å². The highest BCUT2D eigenvalue weighted by Crippen LogP contribution is 2.19. The number of nitrogens with zero attached hydrogens (tertiary/aromatic N) is 1. The summed E-state index contributed by atoms with van der Waals surface area (Å²) in [6, 6.07) is 12.6. The summed E-state index contributed by atoms with van der Waals surface area (Å²) in [4.78, 5) is 48.9. The van der Waals surface area contributed by atoms with E-state index in [0.717, 1.165) is 5.01 Å². The number of nitrogens with one attached hydrogen (secondary N) is 1. The third-order valence-electron chi connectivity index (χ3n) is 4.54. The smallest absolute Gasteiger partial charge is 0.311 e. The summed E-state index contributed by atoms with van der Waals surface area (Å²) in [5.41, 5.74) is 3.14. The second kappa shape index (κ2) is 9.41. The van der Waals surface area contributed by atoms with Gasteiger partial charge in [0.1, 0.15) is 5.75 Å². The SMILES string of the molecule is COc1cccc(C(=O)COC(=O)[C@@H]2CC(=O)N(NC(=O)c3ccc(Cl)cc3)C2)c1. The lowest BCUT2D eigenvalue weighted by Gasteiger charge is -2.17. The van der Waals surface area contributed by atoms with Gasteiger partial charge in [0, 0.05) is 22.6 Å². The predicted molar refractivity (Wildman–Crippen MR) is 107 cm³/mol. The fourth-order valence-electron chi connectivity index (χ4n) is 2.90. The predicted octanol–water partition coefficient (Wildman–Crippen LogP) is 2.27. The molecule has 0 radical (unpaired) electrons. The molecule has 0 aromatic heterocycles. The van der Waals surface area contributed by atoms with Crippen LogP contribution >= 0.6 is 11.6 Å².